The van der Waals surface area contributed by atoms with Gasteiger partial charge in [-0.05, 0) is 19.1 Å². The number of nitriles is 1. The number of rotatable bonds is 5. The Kier molecular flexibility index (Phi) is 4.61. The van der Waals surface area contributed by atoms with Crippen LogP contribution in [0.2, 0.25) is 0 Å². The molecule has 0 spiro atoms. The molecule has 0 aliphatic heterocycles. The predicted molar refractivity (Wildman–Crippen MR) is 90.9 cm³/mol. The molecule has 0 radical (unpaired) electrons. The van der Waals surface area contributed by atoms with E-state index < -0.39 is 0 Å². The van der Waals surface area contributed by atoms with Crippen molar-refractivity contribution in [2.24, 2.45) is 0 Å². The Morgan fingerprint density at radius 3 is 3.00 bits per heavy atom. The highest BCUT2D eigenvalue weighted by Crippen LogP contribution is 2.14. The van der Waals surface area contributed by atoms with Crippen LogP contribution in [0.3, 0.4) is 0 Å². The summed E-state index contributed by atoms with van der Waals surface area (Å²) in [5.74, 6) is 0.229. The quantitative estimate of drug-likeness (QED) is 0.381. The van der Waals surface area contributed by atoms with Crippen LogP contribution in [-0.2, 0) is 11.3 Å². The van der Waals surface area contributed by atoms with E-state index in [1.54, 1.807) is 16.8 Å². The normalized spacial score (nSPS) is 11.1. The van der Waals surface area contributed by atoms with E-state index in [-0.39, 0.29) is 36.8 Å². The van der Waals surface area contributed by atoms with E-state index in [1.807, 2.05) is 19.1 Å². The molecule has 3 heterocycles. The molecule has 0 aromatic carbocycles. The number of fused-ring (bicyclic) bond motifs is 2. The molecule has 3 N–H and O–H groups in total. The number of aliphatic hydroxyl groups is 1. The summed E-state index contributed by atoms with van der Waals surface area (Å²) in [5.41, 5.74) is 7.84. The zero-order chi connectivity index (χ0) is 18.0. The second-order valence-electron chi connectivity index (χ2n) is 5.58. The van der Waals surface area contributed by atoms with Gasteiger partial charge in [0.25, 0.3) is 11.2 Å². The van der Waals surface area contributed by atoms with E-state index in [1.165, 1.54) is 10.5 Å². The van der Waals surface area contributed by atoms with Crippen molar-refractivity contribution in [3.05, 3.63) is 45.9 Å². The monoisotopic (exact) mass is 340 g/mol. The summed E-state index contributed by atoms with van der Waals surface area (Å²) in [4.78, 5) is 17.4. The molecule has 0 unspecified atom stereocenters. The molecule has 3 aromatic heterocycles. The molecule has 0 aliphatic carbocycles. The van der Waals surface area contributed by atoms with Gasteiger partial charge in [0, 0.05) is 11.8 Å². The van der Waals surface area contributed by atoms with E-state index in [0.717, 1.165) is 5.56 Å². The summed E-state index contributed by atoms with van der Waals surface area (Å²) in [6, 6.07) is 7.13. The Balaban J connectivity index is 2.30. The molecule has 3 aromatic rings. The van der Waals surface area contributed by atoms with Gasteiger partial charge in [-0.15, -0.1) is 0 Å². The van der Waals surface area contributed by atoms with Crippen LogP contribution in [0.25, 0.3) is 16.7 Å². The zero-order valence-corrected chi connectivity index (χ0v) is 13.8. The number of aryl methyl sites for hydroxylation is 1. The zero-order valence-electron chi connectivity index (χ0n) is 13.8. The number of ether oxygens (including phenoxy) is 1. The standard InChI is InChI=1S/C17H17N5O3/c1-11-3-2-4-22-15(11)20-16-13(17(22)24)9-12(10-18)14(19)21(16)5-7-25-8-6-23/h2-4,9,19,23H,5-8H2,1H3/p+1. The lowest BCUT2D eigenvalue weighted by Crippen LogP contribution is -2.43. The third-order valence-electron chi connectivity index (χ3n) is 3.99. The van der Waals surface area contributed by atoms with E-state index in [0.29, 0.717) is 23.2 Å². The molecule has 0 amide bonds. The van der Waals surface area contributed by atoms with Gasteiger partial charge >= 0.3 is 0 Å². The first kappa shape index (κ1) is 16.8. The van der Waals surface area contributed by atoms with Gasteiger partial charge in [-0.25, -0.2) is 4.57 Å². The SMILES string of the molecule is Cc1cccn2c(=O)c3cc(C#N)c(N)[n+](CCOCCO)c3nc12. The molecule has 0 saturated carbocycles. The number of aromatic nitrogens is 3. The summed E-state index contributed by atoms with van der Waals surface area (Å²) >= 11 is 0. The van der Waals surface area contributed by atoms with Gasteiger partial charge < -0.3 is 15.6 Å². The molecule has 8 nitrogen and oxygen atoms in total. The van der Waals surface area contributed by atoms with Gasteiger partial charge in [-0.2, -0.15) is 5.26 Å². The van der Waals surface area contributed by atoms with Crippen molar-refractivity contribution in [1.82, 2.24) is 9.38 Å². The largest absolute Gasteiger partial charge is 0.394 e. The lowest BCUT2D eigenvalue weighted by atomic mass is 10.2. The maximum absolute atomic E-state index is 12.8. The number of nitrogens with zero attached hydrogens (tertiary/aromatic N) is 4. The fourth-order valence-corrected chi connectivity index (χ4v) is 2.75. The molecule has 25 heavy (non-hydrogen) atoms. The summed E-state index contributed by atoms with van der Waals surface area (Å²) in [6.45, 7) is 2.58. The molecule has 0 fully saturated rings. The highest BCUT2D eigenvalue weighted by Gasteiger charge is 2.21. The number of hydrogen-bond acceptors (Lipinski definition) is 6. The Labute approximate surface area is 143 Å². The van der Waals surface area contributed by atoms with Crippen molar-refractivity contribution in [3.63, 3.8) is 0 Å². The van der Waals surface area contributed by atoms with Crippen molar-refractivity contribution in [2.75, 3.05) is 25.6 Å². The van der Waals surface area contributed by atoms with E-state index in [4.69, 9.17) is 15.6 Å². The third-order valence-corrected chi connectivity index (χ3v) is 3.99. The van der Waals surface area contributed by atoms with E-state index >= 15 is 0 Å². The average molecular weight is 340 g/mol. The second-order valence-corrected chi connectivity index (χ2v) is 5.58. The van der Waals surface area contributed by atoms with Gasteiger partial charge in [-0.1, -0.05) is 11.1 Å². The number of hydrogen-bond donors (Lipinski definition) is 2. The molecule has 8 heteroatoms. The minimum absolute atomic E-state index is 0.0808. The first-order chi connectivity index (χ1) is 12.1. The molecular weight excluding hydrogens is 322 g/mol. The van der Waals surface area contributed by atoms with Crippen LogP contribution < -0.4 is 15.9 Å². The summed E-state index contributed by atoms with van der Waals surface area (Å²) < 4.78 is 8.36. The number of pyridine rings is 2. The average Bonchev–Trinajstić information content (AvgIpc) is 2.61. The van der Waals surface area contributed by atoms with Crippen LogP contribution >= 0.6 is 0 Å². The fraction of sp³-hybridized carbons (Fsp3) is 0.294. The van der Waals surface area contributed by atoms with Crippen molar-refractivity contribution in [3.8, 4) is 6.07 Å². The Hall–Kier alpha value is -3.02. The van der Waals surface area contributed by atoms with Crippen LogP contribution in [0.1, 0.15) is 11.1 Å². The van der Waals surface area contributed by atoms with Crippen LogP contribution in [0.15, 0.2) is 29.2 Å². The number of anilines is 1. The predicted octanol–water partition coefficient (Wildman–Crippen LogP) is -0.0936. The fourth-order valence-electron chi connectivity index (χ4n) is 2.75. The highest BCUT2D eigenvalue weighted by atomic mass is 16.5. The molecule has 0 saturated heterocycles. The van der Waals surface area contributed by atoms with Gasteiger partial charge in [0.15, 0.2) is 0 Å². The number of nitrogens with two attached hydrogens (primary N) is 1. The van der Waals surface area contributed by atoms with E-state index in [9.17, 15) is 10.1 Å². The van der Waals surface area contributed by atoms with Crippen molar-refractivity contribution < 1.29 is 14.4 Å². The van der Waals surface area contributed by atoms with Crippen molar-refractivity contribution >= 4 is 22.5 Å². The topological polar surface area (TPSA) is 118 Å². The second kappa shape index (κ2) is 6.84. The van der Waals surface area contributed by atoms with Crippen LogP contribution in [0.4, 0.5) is 5.82 Å². The lowest BCUT2D eigenvalue weighted by Gasteiger charge is -2.10. The first-order valence-corrected chi connectivity index (χ1v) is 7.81. The van der Waals surface area contributed by atoms with Gasteiger partial charge in [0.05, 0.1) is 26.4 Å². The van der Waals surface area contributed by atoms with Gasteiger partial charge in [-0.3, -0.25) is 9.20 Å². The maximum atomic E-state index is 12.8. The van der Waals surface area contributed by atoms with E-state index in [2.05, 4.69) is 4.98 Å². The molecule has 0 bridgehead atoms. The Morgan fingerprint density at radius 1 is 1.48 bits per heavy atom. The number of aliphatic hydroxyl groups excluding tert-OH is 1. The number of nitrogen functional groups attached to an aromatic ring is 1. The Bertz CT molecular complexity index is 1050. The minimum Gasteiger partial charge on any atom is -0.394 e. The van der Waals surface area contributed by atoms with Crippen LogP contribution in [-0.4, -0.2) is 34.3 Å². The Morgan fingerprint density at radius 2 is 2.28 bits per heavy atom. The molecule has 0 atom stereocenters. The van der Waals surface area contributed by atoms with Crippen molar-refractivity contribution in [1.29, 1.82) is 5.26 Å². The minimum atomic E-state index is -0.259. The summed E-state index contributed by atoms with van der Waals surface area (Å²) in [6.07, 6.45) is 1.65. The third kappa shape index (κ3) is 2.91. The molecule has 128 valence electrons. The van der Waals surface area contributed by atoms with Crippen LogP contribution in [0.5, 0.6) is 0 Å². The molecular formula is C17H18N5O3+. The van der Waals surface area contributed by atoms with Crippen molar-refractivity contribution in [2.45, 2.75) is 13.5 Å². The van der Waals surface area contributed by atoms with Gasteiger partial charge in [0.1, 0.15) is 17.0 Å². The smallest absolute Gasteiger partial charge is 0.278 e. The lowest BCUT2D eigenvalue weighted by molar-refractivity contribution is -0.660. The maximum Gasteiger partial charge on any atom is 0.278 e. The van der Waals surface area contributed by atoms with Crippen LogP contribution in [0, 0.1) is 18.3 Å². The van der Waals surface area contributed by atoms with Gasteiger partial charge in [0.2, 0.25) is 11.5 Å². The highest BCUT2D eigenvalue weighted by molar-refractivity contribution is 5.77. The molecule has 3 rings (SSSR count). The first-order valence-electron chi connectivity index (χ1n) is 7.81. The molecule has 0 aliphatic rings. The summed E-state index contributed by atoms with van der Waals surface area (Å²) in [7, 11) is 0. The summed E-state index contributed by atoms with van der Waals surface area (Å²) in [5, 5.41) is 18.4.